The van der Waals surface area contributed by atoms with Crippen LogP contribution in [0.1, 0.15) is 44.2 Å². The topological polar surface area (TPSA) is 41.6 Å². The fraction of sp³-hybridized carbons (Fsp3) is 0.632. The number of nitrogens with zero attached hydrogens (tertiary/aromatic N) is 1. The fourth-order valence-corrected chi connectivity index (χ4v) is 3.33. The average molecular weight is 318 g/mol. The Hall–Kier alpha value is -1.39. The van der Waals surface area contributed by atoms with Crippen molar-refractivity contribution in [2.75, 3.05) is 20.2 Å². The van der Waals surface area contributed by atoms with Crippen LogP contribution in [0.4, 0.5) is 0 Å². The van der Waals surface area contributed by atoms with Crippen LogP contribution < -0.4 is 5.32 Å². The van der Waals surface area contributed by atoms with E-state index in [9.17, 15) is 4.79 Å². The molecule has 4 heteroatoms. The van der Waals surface area contributed by atoms with Crippen molar-refractivity contribution in [1.82, 2.24) is 10.2 Å². The van der Waals surface area contributed by atoms with E-state index in [2.05, 4.69) is 36.5 Å². The molecule has 128 valence electrons. The molecule has 1 N–H and O–H groups in total. The van der Waals surface area contributed by atoms with Crippen LogP contribution in [0.25, 0.3) is 0 Å². The van der Waals surface area contributed by atoms with E-state index < -0.39 is 0 Å². The third-order valence-corrected chi connectivity index (χ3v) is 4.82. The molecule has 1 heterocycles. The molecule has 1 aromatic carbocycles. The highest BCUT2D eigenvalue weighted by molar-refractivity contribution is 5.75. The van der Waals surface area contributed by atoms with Gasteiger partial charge in [0, 0.05) is 39.2 Å². The van der Waals surface area contributed by atoms with Gasteiger partial charge in [0.2, 0.25) is 5.91 Å². The first-order chi connectivity index (χ1) is 11.2. The second kappa shape index (κ2) is 9.04. The number of carbonyl (C=O) groups is 1. The molecule has 0 saturated carbocycles. The molecule has 2 unspecified atom stereocenters. The van der Waals surface area contributed by atoms with Gasteiger partial charge in [-0.25, -0.2) is 0 Å². The second-order valence-electron chi connectivity index (χ2n) is 6.39. The Balaban J connectivity index is 1.86. The zero-order valence-corrected chi connectivity index (χ0v) is 14.7. The van der Waals surface area contributed by atoms with Crippen LogP contribution in [-0.2, 0) is 22.7 Å². The molecule has 2 atom stereocenters. The number of piperidine rings is 1. The zero-order chi connectivity index (χ0) is 16.7. The van der Waals surface area contributed by atoms with E-state index in [-0.39, 0.29) is 5.91 Å². The highest BCUT2D eigenvalue weighted by Crippen LogP contribution is 2.21. The molecule has 0 aromatic heterocycles. The lowest BCUT2D eigenvalue weighted by atomic mass is 9.89. The number of amides is 1. The Kier molecular flexibility index (Phi) is 7.06. The minimum absolute atomic E-state index is 0.288. The van der Waals surface area contributed by atoms with Crippen LogP contribution in [0, 0.1) is 5.92 Å². The molecule has 4 nitrogen and oxygen atoms in total. The van der Waals surface area contributed by atoms with E-state index in [1.54, 1.807) is 7.11 Å². The molecule has 0 aliphatic carbocycles. The van der Waals surface area contributed by atoms with Crippen LogP contribution in [0.3, 0.4) is 0 Å². The van der Waals surface area contributed by atoms with Crippen molar-refractivity contribution in [3.8, 4) is 0 Å². The summed E-state index contributed by atoms with van der Waals surface area (Å²) in [4.78, 5) is 13.9. The summed E-state index contributed by atoms with van der Waals surface area (Å²) in [6, 6.07) is 9.08. The standard InChI is InChI=1S/C19H30N2O2/c1-4-17-13-21(19(22)5-2)11-10-18(17)20-12-15-6-8-16(9-7-15)14-23-3/h6-9,17-18,20H,4-5,10-14H2,1-3H3. The van der Waals surface area contributed by atoms with Crippen LogP contribution >= 0.6 is 0 Å². The number of hydrogen-bond donors (Lipinski definition) is 1. The molecule has 1 saturated heterocycles. The molecule has 2 rings (SSSR count). The average Bonchev–Trinajstić information content (AvgIpc) is 2.60. The van der Waals surface area contributed by atoms with E-state index >= 15 is 0 Å². The van der Waals surface area contributed by atoms with Crippen molar-refractivity contribution in [3.05, 3.63) is 35.4 Å². The Morgan fingerprint density at radius 3 is 2.57 bits per heavy atom. The maximum atomic E-state index is 11.9. The van der Waals surface area contributed by atoms with Crippen LogP contribution in [-0.4, -0.2) is 37.0 Å². The van der Waals surface area contributed by atoms with Gasteiger partial charge in [-0.1, -0.05) is 44.5 Å². The molecule has 1 aromatic rings. The van der Waals surface area contributed by atoms with Gasteiger partial charge in [0.15, 0.2) is 0 Å². The molecule has 1 fully saturated rings. The normalized spacial score (nSPS) is 21.4. The van der Waals surface area contributed by atoms with E-state index in [1.807, 2.05) is 11.8 Å². The molecule has 0 spiro atoms. The van der Waals surface area contributed by atoms with Gasteiger partial charge in [0.05, 0.1) is 6.61 Å². The van der Waals surface area contributed by atoms with Gasteiger partial charge in [-0.2, -0.15) is 0 Å². The molecule has 23 heavy (non-hydrogen) atoms. The smallest absolute Gasteiger partial charge is 0.222 e. The third-order valence-electron chi connectivity index (χ3n) is 4.82. The van der Waals surface area contributed by atoms with Crippen molar-refractivity contribution >= 4 is 5.91 Å². The Morgan fingerprint density at radius 1 is 1.26 bits per heavy atom. The fourth-order valence-electron chi connectivity index (χ4n) is 3.33. The van der Waals surface area contributed by atoms with Crippen molar-refractivity contribution in [3.63, 3.8) is 0 Å². The quantitative estimate of drug-likeness (QED) is 0.840. The van der Waals surface area contributed by atoms with Gasteiger partial charge in [-0.15, -0.1) is 0 Å². The Labute approximate surface area is 140 Å². The van der Waals surface area contributed by atoms with Crippen molar-refractivity contribution in [2.24, 2.45) is 5.92 Å². The van der Waals surface area contributed by atoms with Gasteiger partial charge in [-0.3, -0.25) is 4.79 Å². The number of hydrogen-bond acceptors (Lipinski definition) is 3. The van der Waals surface area contributed by atoms with E-state index in [4.69, 9.17) is 4.74 Å². The maximum absolute atomic E-state index is 11.9. The van der Waals surface area contributed by atoms with Gasteiger partial charge >= 0.3 is 0 Å². The molecule has 1 aliphatic heterocycles. The number of nitrogens with one attached hydrogen (secondary N) is 1. The summed E-state index contributed by atoms with van der Waals surface area (Å²) in [6.45, 7) is 7.49. The summed E-state index contributed by atoms with van der Waals surface area (Å²) in [7, 11) is 1.72. The van der Waals surface area contributed by atoms with E-state index in [0.717, 1.165) is 32.5 Å². The highest BCUT2D eigenvalue weighted by Gasteiger charge is 2.29. The molecular weight excluding hydrogens is 288 g/mol. The summed E-state index contributed by atoms with van der Waals surface area (Å²) in [5, 5.41) is 3.70. The maximum Gasteiger partial charge on any atom is 0.222 e. The molecule has 0 bridgehead atoms. The summed E-state index contributed by atoms with van der Waals surface area (Å²) in [6.07, 6.45) is 2.77. The lowest BCUT2D eigenvalue weighted by molar-refractivity contribution is -0.133. The molecule has 0 radical (unpaired) electrons. The minimum atomic E-state index is 0.288. The van der Waals surface area contributed by atoms with Crippen LogP contribution in [0.2, 0.25) is 0 Å². The predicted molar refractivity (Wildman–Crippen MR) is 93.1 cm³/mol. The number of carbonyl (C=O) groups excluding carboxylic acids is 1. The molecule has 1 amide bonds. The minimum Gasteiger partial charge on any atom is -0.380 e. The lowest BCUT2D eigenvalue weighted by Crippen LogP contribution is -2.50. The van der Waals surface area contributed by atoms with Gasteiger partial charge in [0.1, 0.15) is 0 Å². The van der Waals surface area contributed by atoms with Gasteiger partial charge in [0.25, 0.3) is 0 Å². The predicted octanol–water partition coefficient (Wildman–Crippen LogP) is 2.96. The van der Waals surface area contributed by atoms with Crippen molar-refractivity contribution < 1.29 is 9.53 Å². The Morgan fingerprint density at radius 2 is 1.96 bits per heavy atom. The number of rotatable bonds is 7. The molecular formula is C19H30N2O2. The van der Waals surface area contributed by atoms with Gasteiger partial charge < -0.3 is 15.0 Å². The number of methoxy groups -OCH3 is 1. The van der Waals surface area contributed by atoms with Gasteiger partial charge in [-0.05, 0) is 23.5 Å². The first-order valence-electron chi connectivity index (χ1n) is 8.75. The summed E-state index contributed by atoms with van der Waals surface area (Å²) in [5.41, 5.74) is 2.50. The largest absolute Gasteiger partial charge is 0.380 e. The SMILES string of the molecule is CCC(=O)N1CCC(NCc2ccc(COC)cc2)C(CC)C1. The second-order valence-corrected chi connectivity index (χ2v) is 6.39. The molecule has 1 aliphatic rings. The zero-order valence-electron chi connectivity index (χ0n) is 14.7. The van der Waals surface area contributed by atoms with Crippen molar-refractivity contribution in [2.45, 2.75) is 52.3 Å². The summed E-state index contributed by atoms with van der Waals surface area (Å²) >= 11 is 0. The number of benzene rings is 1. The first kappa shape index (κ1) is 18.0. The van der Waals surface area contributed by atoms with E-state index in [0.29, 0.717) is 25.0 Å². The van der Waals surface area contributed by atoms with E-state index in [1.165, 1.54) is 11.1 Å². The summed E-state index contributed by atoms with van der Waals surface area (Å²) < 4.78 is 5.14. The van der Waals surface area contributed by atoms with Crippen molar-refractivity contribution in [1.29, 1.82) is 0 Å². The number of likely N-dealkylation sites (tertiary alicyclic amines) is 1. The Bertz CT molecular complexity index is 487. The van der Waals surface area contributed by atoms with Crippen LogP contribution in [0.5, 0.6) is 0 Å². The highest BCUT2D eigenvalue weighted by atomic mass is 16.5. The third kappa shape index (κ3) is 5.05. The summed E-state index contributed by atoms with van der Waals surface area (Å²) in [5.74, 6) is 0.836. The lowest BCUT2D eigenvalue weighted by Gasteiger charge is -2.38. The number of ether oxygens (including phenoxy) is 1. The monoisotopic (exact) mass is 318 g/mol. The first-order valence-corrected chi connectivity index (χ1v) is 8.75. The van der Waals surface area contributed by atoms with Crippen LogP contribution in [0.15, 0.2) is 24.3 Å².